The van der Waals surface area contributed by atoms with E-state index in [1.54, 1.807) is 12.3 Å². The Morgan fingerprint density at radius 3 is 1.95 bits per heavy atom. The van der Waals surface area contributed by atoms with Crippen molar-refractivity contribution in [3.05, 3.63) is 175 Å². The number of hydrogen-bond donors (Lipinski definition) is 1. The molecular formula is C53H45N4OPt-. The van der Waals surface area contributed by atoms with Crippen LogP contribution in [0.2, 0.25) is 0 Å². The first kappa shape index (κ1) is 39.7. The molecule has 59 heavy (non-hydrogen) atoms. The molecule has 4 aromatic heterocycles. The fraction of sp³-hybridized carbons (Fsp3) is 0.151. The summed E-state index contributed by atoms with van der Waals surface area (Å²) in [5, 5.41) is 13.4. The summed E-state index contributed by atoms with van der Waals surface area (Å²) in [4.78, 5) is 14.6. The second-order valence-corrected chi connectivity index (χ2v) is 17.1. The summed E-state index contributed by atoms with van der Waals surface area (Å²) in [7, 11) is 0. The third kappa shape index (κ3) is 7.64. The third-order valence-electron chi connectivity index (χ3n) is 11.0. The van der Waals surface area contributed by atoms with Crippen LogP contribution in [0.4, 0.5) is 0 Å². The number of phenols is 1. The van der Waals surface area contributed by atoms with E-state index in [1.165, 1.54) is 16.5 Å². The van der Waals surface area contributed by atoms with Crippen LogP contribution >= 0.6 is 0 Å². The normalized spacial score (nSPS) is 11.8. The SMILES string of the molecule is CC(C)(C)c1cc(-c2cc(-c3[c-]c(-c4ncccc4-c4ccc5c(c4)c4ccccc4n5-c4cccnc4)ccc3)nc(-c3ccccc3O)c2)cc(C(C)(C)C)c1.[Pt]. The molecule has 0 aliphatic carbocycles. The van der Waals surface area contributed by atoms with Crippen molar-refractivity contribution in [1.29, 1.82) is 0 Å². The van der Waals surface area contributed by atoms with Crippen LogP contribution in [-0.4, -0.2) is 24.6 Å². The largest absolute Gasteiger partial charge is 0.507 e. The molecule has 0 fully saturated rings. The zero-order chi connectivity index (χ0) is 40.2. The Labute approximate surface area is 360 Å². The molecular weight excluding hydrogens is 904 g/mol. The summed E-state index contributed by atoms with van der Waals surface area (Å²) in [6, 6.07) is 51.9. The molecule has 0 atom stereocenters. The van der Waals surface area contributed by atoms with Gasteiger partial charge >= 0.3 is 0 Å². The van der Waals surface area contributed by atoms with Gasteiger partial charge in [-0.15, -0.1) is 24.3 Å². The van der Waals surface area contributed by atoms with Crippen LogP contribution in [0, 0.1) is 6.07 Å². The predicted molar refractivity (Wildman–Crippen MR) is 239 cm³/mol. The molecule has 0 aliphatic heterocycles. The maximum atomic E-state index is 11.0. The van der Waals surface area contributed by atoms with Gasteiger partial charge in [-0.1, -0.05) is 119 Å². The van der Waals surface area contributed by atoms with Crippen molar-refractivity contribution in [3.63, 3.8) is 0 Å². The van der Waals surface area contributed by atoms with Crippen LogP contribution < -0.4 is 0 Å². The van der Waals surface area contributed by atoms with E-state index in [0.717, 1.165) is 66.9 Å². The van der Waals surface area contributed by atoms with Gasteiger partial charge in [0.25, 0.3) is 0 Å². The van der Waals surface area contributed by atoms with E-state index in [1.807, 2.05) is 42.7 Å². The molecule has 0 spiro atoms. The first-order chi connectivity index (χ1) is 27.9. The Morgan fingerprint density at radius 1 is 0.542 bits per heavy atom. The molecule has 4 heterocycles. The summed E-state index contributed by atoms with van der Waals surface area (Å²) in [6.07, 6.45) is 5.56. The third-order valence-corrected chi connectivity index (χ3v) is 11.0. The average molecular weight is 949 g/mol. The zero-order valence-corrected chi connectivity index (χ0v) is 36.3. The number of phenolic OH excluding ortho intramolecular Hbond substituents is 1. The van der Waals surface area contributed by atoms with Gasteiger partial charge < -0.3 is 9.67 Å². The molecule has 0 unspecified atom stereocenters. The summed E-state index contributed by atoms with van der Waals surface area (Å²) < 4.78 is 2.27. The molecule has 9 aromatic rings. The number of fused-ring (bicyclic) bond motifs is 3. The minimum atomic E-state index is -0.0458. The van der Waals surface area contributed by atoms with Crippen molar-refractivity contribution in [3.8, 4) is 67.5 Å². The molecule has 9 rings (SSSR count). The van der Waals surface area contributed by atoms with E-state index in [-0.39, 0.29) is 37.6 Å². The van der Waals surface area contributed by atoms with E-state index >= 15 is 0 Å². The maximum absolute atomic E-state index is 11.0. The number of hydrogen-bond acceptors (Lipinski definition) is 4. The fourth-order valence-corrected chi connectivity index (χ4v) is 7.84. The van der Waals surface area contributed by atoms with Crippen LogP contribution in [0.1, 0.15) is 52.7 Å². The minimum absolute atomic E-state index is 0. The minimum Gasteiger partial charge on any atom is -0.507 e. The summed E-state index contributed by atoms with van der Waals surface area (Å²) in [6.45, 7) is 13.6. The van der Waals surface area contributed by atoms with Crippen molar-refractivity contribution >= 4 is 21.8 Å². The molecule has 0 radical (unpaired) electrons. The summed E-state index contributed by atoms with van der Waals surface area (Å²) in [5.74, 6) is 0.188. The smallest absolute Gasteiger partial charge is 0.124 e. The van der Waals surface area contributed by atoms with Crippen LogP contribution in [0.5, 0.6) is 5.75 Å². The second kappa shape index (κ2) is 15.5. The number of pyridine rings is 3. The molecule has 0 aliphatic rings. The molecule has 5 aromatic carbocycles. The molecule has 294 valence electrons. The number of benzene rings is 5. The van der Waals surface area contributed by atoms with Gasteiger partial charge in [0.05, 0.1) is 28.6 Å². The predicted octanol–water partition coefficient (Wildman–Crippen LogP) is 13.4. The molecule has 0 saturated carbocycles. The van der Waals surface area contributed by atoms with Gasteiger partial charge in [0, 0.05) is 61.2 Å². The summed E-state index contributed by atoms with van der Waals surface area (Å²) >= 11 is 0. The van der Waals surface area contributed by atoms with E-state index < -0.39 is 0 Å². The molecule has 6 heteroatoms. The van der Waals surface area contributed by atoms with E-state index in [0.29, 0.717) is 11.3 Å². The van der Waals surface area contributed by atoms with Gasteiger partial charge in [0.15, 0.2) is 0 Å². The summed E-state index contributed by atoms with van der Waals surface area (Å²) in [5.41, 5.74) is 14.6. The van der Waals surface area contributed by atoms with Gasteiger partial charge in [0.1, 0.15) is 5.75 Å². The standard InChI is InChI=1S/C53H45N4O.Pt/c1-52(2,3)39-27-37(28-40(32-39)53(4,5)6)38-30-46(56-47(31-38)44-18-8-10-21-50(44)58)35-14-11-15-36(26-35)51-42(19-13-25-55-51)34-22-23-49-45(29-34)43-17-7-9-20-48(43)57(49)41-16-12-24-54-33-41;/h7-25,27-33,58H,1-6H3;/q-1;. The number of para-hydroxylation sites is 2. The molecule has 1 N–H and O–H groups in total. The van der Waals surface area contributed by atoms with E-state index in [2.05, 4.69) is 160 Å². The maximum Gasteiger partial charge on any atom is 0.124 e. The van der Waals surface area contributed by atoms with Crippen LogP contribution in [0.25, 0.3) is 83.5 Å². The first-order valence-corrected chi connectivity index (χ1v) is 19.8. The zero-order valence-electron chi connectivity index (χ0n) is 34.1. The Morgan fingerprint density at radius 2 is 1.20 bits per heavy atom. The number of aromatic nitrogens is 4. The first-order valence-electron chi connectivity index (χ1n) is 19.8. The number of rotatable bonds is 6. The molecule has 5 nitrogen and oxygen atoms in total. The Balaban J connectivity index is 0.00000484. The Kier molecular flexibility index (Phi) is 10.4. The monoisotopic (exact) mass is 948 g/mol. The van der Waals surface area contributed by atoms with Gasteiger partial charge in [-0.25, -0.2) is 0 Å². The van der Waals surface area contributed by atoms with E-state index in [4.69, 9.17) is 9.97 Å². The van der Waals surface area contributed by atoms with Gasteiger partial charge in [-0.2, -0.15) is 0 Å². The van der Waals surface area contributed by atoms with Crippen LogP contribution in [-0.2, 0) is 31.9 Å². The molecule has 0 amide bonds. The number of nitrogens with zero attached hydrogens (tertiary/aromatic N) is 4. The van der Waals surface area contributed by atoms with Gasteiger partial charge in [-0.3, -0.25) is 15.0 Å². The van der Waals surface area contributed by atoms with Crippen LogP contribution in [0.3, 0.4) is 0 Å². The van der Waals surface area contributed by atoms with Crippen molar-refractivity contribution in [1.82, 2.24) is 19.5 Å². The Hall–Kier alpha value is -6.16. The van der Waals surface area contributed by atoms with Crippen molar-refractivity contribution < 1.29 is 26.2 Å². The quantitative estimate of drug-likeness (QED) is 0.169. The average Bonchev–Trinajstić information content (AvgIpc) is 3.57. The van der Waals surface area contributed by atoms with Crippen molar-refractivity contribution in [2.24, 2.45) is 0 Å². The molecule has 0 bridgehead atoms. The van der Waals surface area contributed by atoms with Crippen molar-refractivity contribution in [2.45, 2.75) is 52.4 Å². The van der Waals surface area contributed by atoms with E-state index in [9.17, 15) is 5.11 Å². The van der Waals surface area contributed by atoms with Gasteiger partial charge in [0.2, 0.25) is 0 Å². The second-order valence-electron chi connectivity index (χ2n) is 17.1. The Bertz CT molecular complexity index is 2960. The van der Waals surface area contributed by atoms with Crippen molar-refractivity contribution in [2.75, 3.05) is 0 Å². The van der Waals surface area contributed by atoms with Gasteiger partial charge in [-0.05, 0) is 98.8 Å². The van der Waals surface area contributed by atoms with Crippen LogP contribution in [0.15, 0.2) is 158 Å². The topological polar surface area (TPSA) is 63.8 Å². The number of aromatic hydroxyl groups is 1. The fourth-order valence-electron chi connectivity index (χ4n) is 7.84. The molecule has 0 saturated heterocycles.